The van der Waals surface area contributed by atoms with Crippen LogP contribution in [0.4, 0.5) is 0 Å². The molecule has 6 atom stereocenters. The summed E-state index contributed by atoms with van der Waals surface area (Å²) in [5.41, 5.74) is 0. The number of hydrogen-bond donors (Lipinski definition) is 3. The summed E-state index contributed by atoms with van der Waals surface area (Å²) < 4.78 is 68.2. The van der Waals surface area contributed by atoms with E-state index in [1.165, 1.54) is 141 Å². The summed E-state index contributed by atoms with van der Waals surface area (Å²) in [4.78, 5) is 72.5. The number of phosphoric ester groups is 2. The van der Waals surface area contributed by atoms with Crippen LogP contribution in [0.5, 0.6) is 0 Å². The third-order valence-electron chi connectivity index (χ3n) is 16.4. The Balaban J connectivity index is 5.24. The van der Waals surface area contributed by atoms with Crippen molar-refractivity contribution in [3.05, 3.63) is 0 Å². The molecule has 3 N–H and O–H groups in total. The zero-order valence-electron chi connectivity index (χ0n) is 58.1. The topological polar surface area (TPSA) is 237 Å². The fourth-order valence-corrected chi connectivity index (χ4v) is 12.0. The van der Waals surface area contributed by atoms with E-state index in [1.54, 1.807) is 0 Å². The average molecular weight is 1310 g/mol. The van der Waals surface area contributed by atoms with Gasteiger partial charge < -0.3 is 33.8 Å². The van der Waals surface area contributed by atoms with E-state index in [0.717, 1.165) is 114 Å². The smallest absolute Gasteiger partial charge is 0.462 e. The van der Waals surface area contributed by atoms with Crippen LogP contribution in [0.25, 0.3) is 0 Å². The van der Waals surface area contributed by atoms with E-state index in [-0.39, 0.29) is 25.7 Å². The van der Waals surface area contributed by atoms with Crippen molar-refractivity contribution >= 4 is 39.5 Å². The molecular weight excluding hydrogens is 1170 g/mol. The maximum atomic E-state index is 13.0. The molecule has 19 heteroatoms. The predicted octanol–water partition coefficient (Wildman–Crippen LogP) is 19.7. The quantitative estimate of drug-likeness (QED) is 0.0222. The van der Waals surface area contributed by atoms with Crippen molar-refractivity contribution < 1.29 is 80.2 Å². The molecule has 0 fully saturated rings. The molecule has 0 radical (unpaired) electrons. The van der Waals surface area contributed by atoms with Crippen LogP contribution >= 0.6 is 15.6 Å². The monoisotopic (exact) mass is 1310 g/mol. The number of hydrogen-bond acceptors (Lipinski definition) is 15. The molecule has 0 aliphatic carbocycles. The van der Waals surface area contributed by atoms with Crippen LogP contribution in [-0.4, -0.2) is 96.7 Å². The molecule has 0 saturated carbocycles. The number of esters is 4. The normalized spacial score (nSPS) is 14.6. The van der Waals surface area contributed by atoms with Crippen molar-refractivity contribution in [2.45, 2.75) is 363 Å². The molecule has 0 aromatic rings. The molecule has 0 aromatic carbocycles. The largest absolute Gasteiger partial charge is 0.472 e. The predicted molar refractivity (Wildman–Crippen MR) is 358 cm³/mol. The third kappa shape index (κ3) is 63.2. The lowest BCUT2D eigenvalue weighted by atomic mass is 10.00. The second-order valence-electron chi connectivity index (χ2n) is 26.9. The molecule has 89 heavy (non-hydrogen) atoms. The zero-order valence-corrected chi connectivity index (χ0v) is 59.8. The van der Waals surface area contributed by atoms with Gasteiger partial charge in [0, 0.05) is 25.7 Å². The van der Waals surface area contributed by atoms with Gasteiger partial charge in [0.25, 0.3) is 0 Å². The van der Waals surface area contributed by atoms with E-state index in [1.807, 2.05) is 0 Å². The average Bonchev–Trinajstić information content (AvgIpc) is 3.70. The molecule has 0 spiro atoms. The molecule has 0 saturated heterocycles. The van der Waals surface area contributed by atoms with Gasteiger partial charge in [0.2, 0.25) is 0 Å². The van der Waals surface area contributed by atoms with Gasteiger partial charge in [-0.25, -0.2) is 9.13 Å². The zero-order chi connectivity index (χ0) is 66.1. The van der Waals surface area contributed by atoms with Crippen LogP contribution in [0.2, 0.25) is 0 Å². The molecule has 0 aliphatic rings. The lowest BCUT2D eigenvalue weighted by Crippen LogP contribution is -2.30. The van der Waals surface area contributed by atoms with Crippen LogP contribution in [0.15, 0.2) is 0 Å². The molecule has 0 aliphatic heterocycles. The van der Waals surface area contributed by atoms with Gasteiger partial charge in [-0.3, -0.25) is 37.3 Å². The molecular formula is C70H136O17P2. The number of carbonyl (C=O) groups excluding carboxylic acids is 4. The molecule has 0 heterocycles. The van der Waals surface area contributed by atoms with E-state index in [4.69, 9.17) is 37.0 Å². The SMILES string of the molecule is CCC(C)CCCCCCCCC(=O)O[C@H](COC(=O)CCCCCCCCC(C)C)COP(=O)(O)OC[C@H](O)COP(=O)(O)OC[C@@H](COC(=O)CCCCCCCCCCCCCC(C)C)OC(=O)CCCCCCCCCCCCCCCC(C)C. The Morgan fingerprint density at radius 1 is 0.315 bits per heavy atom. The summed E-state index contributed by atoms with van der Waals surface area (Å²) >= 11 is 0. The minimum Gasteiger partial charge on any atom is -0.462 e. The summed E-state index contributed by atoms with van der Waals surface area (Å²) in [5.74, 6) is 0.824. The van der Waals surface area contributed by atoms with Crippen molar-refractivity contribution in [1.82, 2.24) is 0 Å². The number of aliphatic hydroxyl groups is 1. The fourth-order valence-electron chi connectivity index (χ4n) is 10.5. The Morgan fingerprint density at radius 3 is 0.798 bits per heavy atom. The van der Waals surface area contributed by atoms with Crippen molar-refractivity contribution in [2.75, 3.05) is 39.6 Å². The van der Waals surface area contributed by atoms with Gasteiger partial charge in [0.05, 0.1) is 26.4 Å². The molecule has 528 valence electrons. The van der Waals surface area contributed by atoms with E-state index >= 15 is 0 Å². The highest BCUT2D eigenvalue weighted by molar-refractivity contribution is 7.47. The Morgan fingerprint density at radius 2 is 0.539 bits per heavy atom. The van der Waals surface area contributed by atoms with Gasteiger partial charge in [-0.2, -0.15) is 0 Å². The second kappa shape index (κ2) is 59.8. The number of ether oxygens (including phenoxy) is 4. The highest BCUT2D eigenvalue weighted by Gasteiger charge is 2.30. The van der Waals surface area contributed by atoms with Gasteiger partial charge in [-0.05, 0) is 49.4 Å². The first-order valence-corrected chi connectivity index (χ1v) is 39.2. The maximum absolute atomic E-state index is 13.0. The summed E-state index contributed by atoms with van der Waals surface area (Å²) in [6.07, 6.45) is 41.9. The number of rotatable bonds is 67. The highest BCUT2D eigenvalue weighted by Crippen LogP contribution is 2.45. The first-order valence-electron chi connectivity index (χ1n) is 36.2. The van der Waals surface area contributed by atoms with Crippen LogP contribution in [-0.2, 0) is 65.4 Å². The fraction of sp³-hybridized carbons (Fsp3) is 0.943. The van der Waals surface area contributed by atoms with E-state index in [2.05, 4.69) is 55.4 Å². The van der Waals surface area contributed by atoms with Crippen molar-refractivity contribution in [3.8, 4) is 0 Å². The molecule has 0 bridgehead atoms. The Labute approximate surface area is 543 Å². The summed E-state index contributed by atoms with van der Waals surface area (Å²) in [6, 6.07) is 0. The number of phosphoric acid groups is 2. The standard InChI is InChI=1S/C70H136O17P2/c1-9-63(8)49-41-33-27-29-37-45-53-70(75)87-66(57-81-68(73)51-43-35-28-26-32-40-48-62(6)7)59-85-89(78,79)83-55-64(71)54-82-88(76,77)84-58-65(56-80-67(72)50-42-34-24-20-17-13-15-19-23-31-39-47-61(4)5)86-69(74)52-44-36-25-21-16-12-10-11-14-18-22-30-38-46-60(2)3/h60-66,71H,9-59H2,1-8H3,(H,76,77)(H,78,79)/t63?,64-,65-,66-/m1/s1. The molecule has 0 rings (SSSR count). The van der Waals surface area contributed by atoms with E-state index in [9.17, 15) is 43.2 Å². The van der Waals surface area contributed by atoms with E-state index < -0.39 is 97.5 Å². The minimum absolute atomic E-state index is 0.101. The molecule has 0 aromatic heterocycles. The van der Waals surface area contributed by atoms with Crippen molar-refractivity contribution in [1.29, 1.82) is 0 Å². The lowest BCUT2D eigenvalue weighted by Gasteiger charge is -2.21. The summed E-state index contributed by atoms with van der Waals surface area (Å²) in [6.45, 7) is 14.0. The minimum atomic E-state index is -4.95. The van der Waals surface area contributed by atoms with Crippen LogP contribution in [0, 0.1) is 23.7 Å². The first kappa shape index (κ1) is 87.1. The first-order chi connectivity index (χ1) is 42.6. The number of carbonyl (C=O) groups is 4. The summed E-state index contributed by atoms with van der Waals surface area (Å²) in [7, 11) is -9.90. The van der Waals surface area contributed by atoms with Gasteiger partial charge in [0.15, 0.2) is 12.2 Å². The van der Waals surface area contributed by atoms with Crippen LogP contribution in [0.3, 0.4) is 0 Å². The summed E-state index contributed by atoms with van der Waals surface area (Å²) in [5, 5.41) is 10.6. The van der Waals surface area contributed by atoms with Gasteiger partial charge in [-0.1, -0.05) is 293 Å². The highest BCUT2D eigenvalue weighted by atomic mass is 31.2. The maximum Gasteiger partial charge on any atom is 0.472 e. The third-order valence-corrected chi connectivity index (χ3v) is 18.3. The second-order valence-corrected chi connectivity index (χ2v) is 29.8. The molecule has 17 nitrogen and oxygen atoms in total. The Kier molecular flexibility index (Phi) is 58.5. The van der Waals surface area contributed by atoms with E-state index in [0.29, 0.717) is 31.6 Å². The Hall–Kier alpha value is -1.94. The van der Waals surface area contributed by atoms with Gasteiger partial charge in [-0.15, -0.1) is 0 Å². The Bertz CT molecular complexity index is 1770. The number of aliphatic hydroxyl groups excluding tert-OH is 1. The van der Waals surface area contributed by atoms with Crippen LogP contribution < -0.4 is 0 Å². The van der Waals surface area contributed by atoms with Crippen LogP contribution in [0.1, 0.15) is 344 Å². The van der Waals surface area contributed by atoms with Gasteiger partial charge in [0.1, 0.15) is 19.3 Å². The van der Waals surface area contributed by atoms with Crippen molar-refractivity contribution in [3.63, 3.8) is 0 Å². The van der Waals surface area contributed by atoms with Gasteiger partial charge >= 0.3 is 39.5 Å². The molecule has 0 amide bonds. The molecule has 3 unspecified atom stereocenters. The van der Waals surface area contributed by atoms with Crippen molar-refractivity contribution in [2.24, 2.45) is 23.7 Å². The number of unbranched alkanes of at least 4 members (excludes halogenated alkanes) is 32. The lowest BCUT2D eigenvalue weighted by molar-refractivity contribution is -0.161.